The molecule has 0 bridgehead atoms. The predicted molar refractivity (Wildman–Crippen MR) is 58.4 cm³/mol. The Morgan fingerprint density at radius 3 is 2.94 bits per heavy atom. The lowest BCUT2D eigenvalue weighted by Crippen LogP contribution is -2.19. The molecule has 4 nitrogen and oxygen atoms in total. The summed E-state index contributed by atoms with van der Waals surface area (Å²) in [5.74, 6) is -0.0822. The third-order valence-electron chi connectivity index (χ3n) is 2.89. The number of aliphatic carboxylic acids is 1. The third kappa shape index (κ3) is 1.28. The van der Waals surface area contributed by atoms with Gasteiger partial charge in [0.15, 0.2) is 10.8 Å². The van der Waals surface area contributed by atoms with E-state index < -0.39 is 11.4 Å². The van der Waals surface area contributed by atoms with Crippen molar-refractivity contribution in [2.75, 3.05) is 0 Å². The molecule has 1 N–H and O–H groups in total. The molecular formula is C11H9NO3S. The molecule has 1 aliphatic rings. The number of thiazole rings is 1. The van der Waals surface area contributed by atoms with E-state index in [0.717, 1.165) is 5.01 Å². The minimum absolute atomic E-state index is 0.663. The lowest BCUT2D eigenvalue weighted by molar-refractivity contribution is -0.140. The summed E-state index contributed by atoms with van der Waals surface area (Å²) < 4.78 is 5.23. The lowest BCUT2D eigenvalue weighted by atomic mass is 10.1. The van der Waals surface area contributed by atoms with Crippen LogP contribution >= 0.6 is 11.3 Å². The molecule has 2 aromatic heterocycles. The number of aromatic nitrogens is 1. The van der Waals surface area contributed by atoms with Crippen LogP contribution in [-0.4, -0.2) is 16.1 Å². The van der Waals surface area contributed by atoms with Crippen LogP contribution in [0.1, 0.15) is 18.5 Å². The van der Waals surface area contributed by atoms with Gasteiger partial charge in [0.05, 0.1) is 12.0 Å². The van der Waals surface area contributed by atoms with Gasteiger partial charge in [-0.1, -0.05) is 0 Å². The molecule has 0 aliphatic heterocycles. The summed E-state index contributed by atoms with van der Waals surface area (Å²) in [5.41, 5.74) is -0.0576. The summed E-state index contributed by atoms with van der Waals surface area (Å²) >= 11 is 1.42. The number of nitrogens with zero attached hydrogens (tertiary/aromatic N) is 1. The molecule has 0 saturated heterocycles. The van der Waals surface area contributed by atoms with Crippen LogP contribution in [-0.2, 0) is 10.2 Å². The van der Waals surface area contributed by atoms with E-state index in [1.165, 1.54) is 11.3 Å². The van der Waals surface area contributed by atoms with Crippen LogP contribution in [0.2, 0.25) is 0 Å². The zero-order chi connectivity index (χ0) is 11.2. The fourth-order valence-electron chi connectivity index (χ4n) is 1.71. The first-order valence-electron chi connectivity index (χ1n) is 4.96. The van der Waals surface area contributed by atoms with Gasteiger partial charge in [-0.15, -0.1) is 11.3 Å². The number of hydrogen-bond donors (Lipinski definition) is 1. The molecule has 82 valence electrons. The second-order valence-electron chi connectivity index (χ2n) is 3.90. The second kappa shape index (κ2) is 3.18. The molecule has 1 saturated carbocycles. The highest BCUT2D eigenvalue weighted by Gasteiger charge is 2.53. The summed E-state index contributed by atoms with van der Waals surface area (Å²) in [6.07, 6.45) is 2.95. The van der Waals surface area contributed by atoms with E-state index in [0.29, 0.717) is 24.3 Å². The van der Waals surface area contributed by atoms with E-state index in [-0.39, 0.29) is 0 Å². The summed E-state index contributed by atoms with van der Waals surface area (Å²) in [5, 5.41) is 11.7. The Balaban J connectivity index is 1.98. The van der Waals surface area contributed by atoms with Crippen molar-refractivity contribution in [3.8, 4) is 10.8 Å². The number of rotatable bonds is 3. The molecule has 0 radical (unpaired) electrons. The minimum Gasteiger partial charge on any atom is -0.481 e. The summed E-state index contributed by atoms with van der Waals surface area (Å²) in [6.45, 7) is 0. The smallest absolute Gasteiger partial charge is 0.315 e. The standard InChI is InChI=1S/C11H9NO3S/c13-10(14)11(3-4-11)8-6-16-9(12-8)7-2-1-5-15-7/h1-2,5-6H,3-4H2,(H,13,14). The molecule has 0 spiro atoms. The average Bonchev–Trinajstić information content (AvgIpc) is 2.75. The van der Waals surface area contributed by atoms with Gasteiger partial charge in [0.2, 0.25) is 0 Å². The first-order chi connectivity index (χ1) is 7.72. The Hall–Kier alpha value is -1.62. The Labute approximate surface area is 95.6 Å². The van der Waals surface area contributed by atoms with Gasteiger partial charge in [0, 0.05) is 5.38 Å². The number of carboxylic acid groups (broad SMARTS) is 1. The molecule has 0 aromatic carbocycles. The molecule has 1 fully saturated rings. The zero-order valence-corrected chi connectivity index (χ0v) is 9.16. The van der Waals surface area contributed by atoms with E-state index >= 15 is 0 Å². The van der Waals surface area contributed by atoms with Crippen LogP contribution in [0.4, 0.5) is 0 Å². The van der Waals surface area contributed by atoms with Crippen LogP contribution in [0.25, 0.3) is 10.8 Å². The van der Waals surface area contributed by atoms with Gasteiger partial charge in [-0.2, -0.15) is 0 Å². The normalized spacial score (nSPS) is 17.2. The number of carboxylic acids is 1. The highest BCUT2D eigenvalue weighted by molar-refractivity contribution is 7.13. The third-order valence-corrected chi connectivity index (χ3v) is 3.74. The van der Waals surface area contributed by atoms with Crippen molar-refractivity contribution >= 4 is 17.3 Å². The fourth-order valence-corrected chi connectivity index (χ4v) is 2.60. The van der Waals surface area contributed by atoms with Gasteiger partial charge < -0.3 is 9.52 Å². The molecule has 1 aliphatic carbocycles. The van der Waals surface area contributed by atoms with Gasteiger partial charge in [0.1, 0.15) is 5.41 Å². The van der Waals surface area contributed by atoms with Crippen LogP contribution in [0.15, 0.2) is 28.2 Å². The number of furan rings is 1. The monoisotopic (exact) mass is 235 g/mol. The first-order valence-corrected chi connectivity index (χ1v) is 5.84. The van der Waals surface area contributed by atoms with Crippen molar-refractivity contribution in [3.05, 3.63) is 29.5 Å². The lowest BCUT2D eigenvalue weighted by Gasteiger charge is -2.03. The van der Waals surface area contributed by atoms with Crippen molar-refractivity contribution in [2.45, 2.75) is 18.3 Å². The molecule has 3 rings (SSSR count). The van der Waals surface area contributed by atoms with E-state index in [9.17, 15) is 4.79 Å². The molecule has 0 amide bonds. The molecular weight excluding hydrogens is 226 g/mol. The van der Waals surface area contributed by atoms with Gasteiger partial charge in [-0.05, 0) is 25.0 Å². The Kier molecular flexibility index (Phi) is 1.91. The largest absolute Gasteiger partial charge is 0.481 e. The molecule has 16 heavy (non-hydrogen) atoms. The first kappa shape index (κ1) is 9.59. The van der Waals surface area contributed by atoms with Crippen LogP contribution in [0.3, 0.4) is 0 Å². The van der Waals surface area contributed by atoms with E-state index in [2.05, 4.69) is 4.98 Å². The molecule has 5 heteroatoms. The number of carbonyl (C=O) groups is 1. The fraction of sp³-hybridized carbons (Fsp3) is 0.273. The highest BCUT2D eigenvalue weighted by Crippen LogP contribution is 2.49. The van der Waals surface area contributed by atoms with Crippen LogP contribution < -0.4 is 0 Å². The summed E-state index contributed by atoms with van der Waals surface area (Å²) in [7, 11) is 0. The van der Waals surface area contributed by atoms with Crippen LogP contribution in [0.5, 0.6) is 0 Å². The average molecular weight is 235 g/mol. The van der Waals surface area contributed by atoms with Crippen molar-refractivity contribution < 1.29 is 14.3 Å². The summed E-state index contributed by atoms with van der Waals surface area (Å²) in [6, 6.07) is 3.61. The van der Waals surface area contributed by atoms with Gasteiger partial charge >= 0.3 is 5.97 Å². The highest BCUT2D eigenvalue weighted by atomic mass is 32.1. The molecule has 2 heterocycles. The zero-order valence-electron chi connectivity index (χ0n) is 8.34. The minimum atomic E-state index is -0.774. The van der Waals surface area contributed by atoms with E-state index in [1.807, 2.05) is 11.4 Å². The quantitative estimate of drug-likeness (QED) is 0.887. The van der Waals surface area contributed by atoms with Gasteiger partial charge in [-0.25, -0.2) is 4.98 Å². The molecule has 0 unspecified atom stereocenters. The number of hydrogen-bond acceptors (Lipinski definition) is 4. The second-order valence-corrected chi connectivity index (χ2v) is 4.76. The maximum absolute atomic E-state index is 11.1. The molecule has 0 atom stereocenters. The van der Waals surface area contributed by atoms with Crippen molar-refractivity contribution in [1.82, 2.24) is 4.98 Å². The van der Waals surface area contributed by atoms with E-state index in [4.69, 9.17) is 9.52 Å². The summed E-state index contributed by atoms with van der Waals surface area (Å²) in [4.78, 5) is 15.5. The Morgan fingerprint density at radius 2 is 2.38 bits per heavy atom. The van der Waals surface area contributed by atoms with Crippen molar-refractivity contribution in [2.24, 2.45) is 0 Å². The predicted octanol–water partition coefficient (Wildman–Crippen LogP) is 2.52. The molecule has 2 aromatic rings. The van der Waals surface area contributed by atoms with Gasteiger partial charge in [0.25, 0.3) is 0 Å². The van der Waals surface area contributed by atoms with E-state index in [1.54, 1.807) is 12.3 Å². The Morgan fingerprint density at radius 1 is 1.56 bits per heavy atom. The van der Waals surface area contributed by atoms with Crippen molar-refractivity contribution in [3.63, 3.8) is 0 Å². The van der Waals surface area contributed by atoms with Gasteiger partial charge in [-0.3, -0.25) is 4.79 Å². The van der Waals surface area contributed by atoms with Crippen LogP contribution in [0, 0.1) is 0 Å². The SMILES string of the molecule is O=C(O)C1(c2csc(-c3ccco3)n2)CC1. The van der Waals surface area contributed by atoms with Crippen molar-refractivity contribution in [1.29, 1.82) is 0 Å². The topological polar surface area (TPSA) is 63.3 Å². The maximum Gasteiger partial charge on any atom is 0.315 e. The maximum atomic E-state index is 11.1. The Bertz CT molecular complexity index is 525.